The summed E-state index contributed by atoms with van der Waals surface area (Å²) < 4.78 is 5.29. The summed E-state index contributed by atoms with van der Waals surface area (Å²) in [6.45, 7) is 4.75. The molecule has 0 spiro atoms. The molecule has 0 saturated carbocycles. The first-order chi connectivity index (χ1) is 10.1. The van der Waals surface area contributed by atoms with Crippen molar-refractivity contribution in [2.75, 3.05) is 11.9 Å². The number of carbonyl (C=O) groups is 1. The van der Waals surface area contributed by atoms with Gasteiger partial charge in [-0.2, -0.15) is 0 Å². The third-order valence-electron chi connectivity index (χ3n) is 3.11. The van der Waals surface area contributed by atoms with E-state index < -0.39 is 0 Å². The Labute approximate surface area is 129 Å². The van der Waals surface area contributed by atoms with E-state index in [0.29, 0.717) is 16.3 Å². The van der Waals surface area contributed by atoms with Crippen LogP contribution in [0, 0.1) is 0 Å². The number of anilines is 1. The monoisotopic (exact) mass is 306 g/mol. The lowest BCUT2D eigenvalue weighted by molar-refractivity contribution is 0.0936. The molecule has 112 valence electrons. The van der Waals surface area contributed by atoms with E-state index in [1.807, 2.05) is 19.1 Å². The number of hydrogen-bond acceptors (Lipinski definition) is 3. The van der Waals surface area contributed by atoms with Gasteiger partial charge in [0.05, 0.1) is 17.9 Å². The Hall–Kier alpha value is -1.94. The summed E-state index contributed by atoms with van der Waals surface area (Å²) in [5.74, 6) is 0.536. The van der Waals surface area contributed by atoms with Crippen molar-refractivity contribution in [2.45, 2.75) is 26.3 Å². The van der Waals surface area contributed by atoms with E-state index in [4.69, 9.17) is 16.0 Å². The number of hydrogen-bond donors (Lipinski definition) is 2. The van der Waals surface area contributed by atoms with E-state index in [0.717, 1.165) is 18.7 Å². The predicted molar refractivity (Wildman–Crippen MR) is 84.8 cm³/mol. The van der Waals surface area contributed by atoms with Crippen molar-refractivity contribution in [3.05, 3.63) is 52.9 Å². The molecule has 1 heterocycles. The second-order valence-corrected chi connectivity index (χ2v) is 5.26. The zero-order valence-electron chi connectivity index (χ0n) is 12.2. The van der Waals surface area contributed by atoms with Crippen LogP contribution in [0.25, 0.3) is 0 Å². The van der Waals surface area contributed by atoms with Crippen LogP contribution in [0.2, 0.25) is 5.02 Å². The normalized spacial score (nSPS) is 12.0. The first-order valence-corrected chi connectivity index (χ1v) is 7.37. The molecule has 0 saturated heterocycles. The fourth-order valence-corrected chi connectivity index (χ4v) is 2.17. The average Bonchev–Trinajstić information content (AvgIpc) is 3.00. The fraction of sp³-hybridized carbons (Fsp3) is 0.312. The Morgan fingerprint density at radius 3 is 2.86 bits per heavy atom. The molecule has 0 fully saturated rings. The minimum absolute atomic E-state index is 0.181. The van der Waals surface area contributed by atoms with Gasteiger partial charge in [0.25, 0.3) is 5.91 Å². The van der Waals surface area contributed by atoms with Gasteiger partial charge in [-0.05, 0) is 43.7 Å². The van der Waals surface area contributed by atoms with Crippen LogP contribution in [0.1, 0.15) is 42.4 Å². The van der Waals surface area contributed by atoms with E-state index >= 15 is 0 Å². The van der Waals surface area contributed by atoms with Crippen LogP contribution in [-0.4, -0.2) is 12.5 Å². The molecular weight excluding hydrogens is 288 g/mol. The molecule has 1 atom stereocenters. The zero-order chi connectivity index (χ0) is 15.2. The molecular formula is C16H19ClN2O2. The predicted octanol–water partition coefficient (Wildman–Crippen LogP) is 4.25. The number of halogens is 1. The van der Waals surface area contributed by atoms with Crippen molar-refractivity contribution in [3.8, 4) is 0 Å². The third kappa shape index (κ3) is 4.02. The molecule has 5 heteroatoms. The standard InChI is InChI=1S/C16H19ClN2O2/c1-3-8-18-14-7-6-12(17)10-13(14)16(20)19-11(2)15-5-4-9-21-15/h4-7,9-11,18H,3,8H2,1-2H3,(H,19,20). The van der Waals surface area contributed by atoms with Gasteiger partial charge >= 0.3 is 0 Å². The van der Waals surface area contributed by atoms with Crippen LogP contribution in [0.15, 0.2) is 41.0 Å². The van der Waals surface area contributed by atoms with Crippen molar-refractivity contribution in [1.82, 2.24) is 5.32 Å². The summed E-state index contributed by atoms with van der Waals surface area (Å²) in [6.07, 6.45) is 2.57. The van der Waals surface area contributed by atoms with Gasteiger partial charge < -0.3 is 15.1 Å². The summed E-state index contributed by atoms with van der Waals surface area (Å²) in [7, 11) is 0. The highest BCUT2D eigenvalue weighted by Crippen LogP contribution is 2.22. The average molecular weight is 307 g/mol. The van der Waals surface area contributed by atoms with Gasteiger partial charge in [-0.3, -0.25) is 4.79 Å². The summed E-state index contributed by atoms with van der Waals surface area (Å²) in [5, 5.41) is 6.68. The lowest BCUT2D eigenvalue weighted by Gasteiger charge is -2.15. The highest BCUT2D eigenvalue weighted by molar-refractivity contribution is 6.31. The second-order valence-electron chi connectivity index (χ2n) is 4.83. The van der Waals surface area contributed by atoms with Crippen molar-refractivity contribution < 1.29 is 9.21 Å². The van der Waals surface area contributed by atoms with Gasteiger partial charge in [0.1, 0.15) is 5.76 Å². The molecule has 21 heavy (non-hydrogen) atoms. The van der Waals surface area contributed by atoms with E-state index in [-0.39, 0.29) is 11.9 Å². The molecule has 0 aliphatic carbocycles. The number of amides is 1. The number of rotatable bonds is 6. The number of carbonyl (C=O) groups excluding carboxylic acids is 1. The van der Waals surface area contributed by atoms with Crippen molar-refractivity contribution in [1.29, 1.82) is 0 Å². The Bertz CT molecular complexity index is 596. The van der Waals surface area contributed by atoms with Gasteiger partial charge in [0.2, 0.25) is 0 Å². The molecule has 2 rings (SSSR count). The largest absolute Gasteiger partial charge is 0.467 e. The Morgan fingerprint density at radius 1 is 1.38 bits per heavy atom. The van der Waals surface area contributed by atoms with E-state index in [2.05, 4.69) is 17.6 Å². The van der Waals surface area contributed by atoms with Gasteiger partial charge in [-0.1, -0.05) is 18.5 Å². The highest BCUT2D eigenvalue weighted by Gasteiger charge is 2.16. The SMILES string of the molecule is CCCNc1ccc(Cl)cc1C(=O)NC(C)c1ccco1. The zero-order valence-corrected chi connectivity index (χ0v) is 12.9. The van der Waals surface area contributed by atoms with Gasteiger partial charge in [0.15, 0.2) is 0 Å². The van der Waals surface area contributed by atoms with Gasteiger partial charge in [0, 0.05) is 17.3 Å². The topological polar surface area (TPSA) is 54.3 Å². The minimum atomic E-state index is -0.203. The molecule has 1 unspecified atom stereocenters. The summed E-state index contributed by atoms with van der Waals surface area (Å²) in [5.41, 5.74) is 1.32. The van der Waals surface area contributed by atoms with Crippen LogP contribution in [0.3, 0.4) is 0 Å². The highest BCUT2D eigenvalue weighted by atomic mass is 35.5. The number of furan rings is 1. The van der Waals surface area contributed by atoms with Crippen LogP contribution in [0.4, 0.5) is 5.69 Å². The van der Waals surface area contributed by atoms with Crippen LogP contribution < -0.4 is 10.6 Å². The fourth-order valence-electron chi connectivity index (χ4n) is 2.00. The first kappa shape index (κ1) is 15.4. The summed E-state index contributed by atoms with van der Waals surface area (Å²) >= 11 is 6.00. The summed E-state index contributed by atoms with van der Waals surface area (Å²) in [6, 6.07) is 8.69. The van der Waals surface area contributed by atoms with Crippen LogP contribution >= 0.6 is 11.6 Å². The van der Waals surface area contributed by atoms with Crippen LogP contribution in [0.5, 0.6) is 0 Å². The maximum Gasteiger partial charge on any atom is 0.254 e. The van der Waals surface area contributed by atoms with Gasteiger partial charge in [-0.15, -0.1) is 0 Å². The second kappa shape index (κ2) is 7.18. The quantitative estimate of drug-likeness (QED) is 0.839. The van der Waals surface area contributed by atoms with Crippen molar-refractivity contribution in [3.63, 3.8) is 0 Å². The molecule has 2 N–H and O–H groups in total. The minimum Gasteiger partial charge on any atom is -0.467 e. The van der Waals surface area contributed by atoms with Gasteiger partial charge in [-0.25, -0.2) is 0 Å². The molecule has 0 bridgehead atoms. The molecule has 0 aliphatic heterocycles. The van der Waals surface area contributed by atoms with Crippen molar-refractivity contribution in [2.24, 2.45) is 0 Å². The molecule has 0 radical (unpaired) electrons. The smallest absolute Gasteiger partial charge is 0.254 e. The number of benzene rings is 1. The molecule has 1 amide bonds. The molecule has 1 aromatic carbocycles. The number of nitrogens with one attached hydrogen (secondary N) is 2. The summed E-state index contributed by atoms with van der Waals surface area (Å²) in [4.78, 5) is 12.4. The lowest BCUT2D eigenvalue weighted by atomic mass is 10.1. The van der Waals surface area contributed by atoms with E-state index in [1.165, 1.54) is 0 Å². The van der Waals surface area contributed by atoms with Crippen molar-refractivity contribution >= 4 is 23.2 Å². The third-order valence-corrected chi connectivity index (χ3v) is 3.34. The molecule has 2 aromatic rings. The Balaban J connectivity index is 2.15. The van der Waals surface area contributed by atoms with E-state index in [1.54, 1.807) is 24.5 Å². The maximum atomic E-state index is 12.4. The maximum absolute atomic E-state index is 12.4. The lowest BCUT2D eigenvalue weighted by Crippen LogP contribution is -2.27. The molecule has 4 nitrogen and oxygen atoms in total. The Kier molecular flexibility index (Phi) is 5.28. The molecule has 0 aliphatic rings. The molecule has 1 aromatic heterocycles. The van der Waals surface area contributed by atoms with Crippen LogP contribution in [-0.2, 0) is 0 Å². The van der Waals surface area contributed by atoms with E-state index in [9.17, 15) is 4.79 Å². The first-order valence-electron chi connectivity index (χ1n) is 6.99. The Morgan fingerprint density at radius 2 is 2.19 bits per heavy atom.